The number of halogens is 3. The number of ether oxygens (including phenoxy) is 1. The van der Waals surface area contributed by atoms with E-state index in [0.717, 1.165) is 14.5 Å². The second-order valence-electron chi connectivity index (χ2n) is 4.23. The van der Waals surface area contributed by atoms with Gasteiger partial charge in [0.2, 0.25) is 5.78 Å². The van der Waals surface area contributed by atoms with Gasteiger partial charge in [-0.05, 0) is 30.7 Å². The lowest BCUT2D eigenvalue weighted by molar-refractivity contribution is 0.0920. The summed E-state index contributed by atoms with van der Waals surface area (Å²) in [6, 6.07) is 10.9. The fourth-order valence-electron chi connectivity index (χ4n) is 1.77. The molecule has 0 aliphatic carbocycles. The molecule has 5 heteroatoms. The van der Waals surface area contributed by atoms with Crippen LogP contribution in [-0.2, 0) is 0 Å². The number of carbonyl (C=O) groups excluding carboxylic acids is 1. The van der Waals surface area contributed by atoms with Crippen molar-refractivity contribution in [3.8, 4) is 5.75 Å². The van der Waals surface area contributed by atoms with Crippen LogP contribution in [0.3, 0.4) is 0 Å². The van der Waals surface area contributed by atoms with E-state index in [1.165, 1.54) is 0 Å². The summed E-state index contributed by atoms with van der Waals surface area (Å²) in [6.45, 7) is 1.83. The lowest BCUT2D eigenvalue weighted by atomic mass is 10.1. The van der Waals surface area contributed by atoms with E-state index in [9.17, 15) is 4.79 Å². The predicted molar refractivity (Wildman–Crippen MR) is 87.9 cm³/mol. The minimum atomic E-state index is -0.101. The number of ketones is 1. The zero-order valence-corrected chi connectivity index (χ0v) is 14.5. The number of benzene rings is 2. The number of rotatable bonds is 4. The van der Waals surface area contributed by atoms with Crippen molar-refractivity contribution in [1.82, 2.24) is 0 Å². The first-order valence-electron chi connectivity index (χ1n) is 5.85. The summed E-state index contributed by atoms with van der Waals surface area (Å²) in [4.78, 5) is 12.1. The Bertz CT molecular complexity index is 633. The van der Waals surface area contributed by atoms with E-state index in [1.54, 1.807) is 12.1 Å². The molecule has 0 heterocycles. The summed E-state index contributed by atoms with van der Waals surface area (Å²) < 4.78 is 7.21. The highest BCUT2D eigenvalue weighted by molar-refractivity contribution is 9.10. The molecule has 0 bridgehead atoms. The number of carbonyl (C=O) groups is 1. The Morgan fingerprint density at radius 3 is 2.60 bits per heavy atom. The SMILES string of the molecule is Cc1cc(Br)cc(Cl)c1OCC(=O)c1ccccc1Br. The number of Topliss-reactive ketones (excluding diaryl/α,β-unsaturated/α-hetero) is 1. The highest BCUT2D eigenvalue weighted by atomic mass is 79.9. The normalized spacial score (nSPS) is 10.4. The van der Waals surface area contributed by atoms with Gasteiger partial charge in [-0.25, -0.2) is 0 Å². The van der Waals surface area contributed by atoms with Crippen LogP contribution >= 0.6 is 43.5 Å². The molecule has 0 saturated carbocycles. The van der Waals surface area contributed by atoms with Crippen molar-refractivity contribution in [2.24, 2.45) is 0 Å². The van der Waals surface area contributed by atoms with Crippen molar-refractivity contribution in [2.45, 2.75) is 6.92 Å². The molecular formula is C15H11Br2ClO2. The molecule has 0 aromatic heterocycles. The molecule has 0 saturated heterocycles. The lowest BCUT2D eigenvalue weighted by Gasteiger charge is -2.11. The van der Waals surface area contributed by atoms with Gasteiger partial charge in [0.05, 0.1) is 5.02 Å². The molecule has 0 fully saturated rings. The van der Waals surface area contributed by atoms with Crippen LogP contribution in [0.5, 0.6) is 5.75 Å². The molecule has 0 N–H and O–H groups in total. The Labute approximate surface area is 139 Å². The van der Waals surface area contributed by atoms with Crippen molar-refractivity contribution in [3.63, 3.8) is 0 Å². The fraction of sp³-hybridized carbons (Fsp3) is 0.133. The van der Waals surface area contributed by atoms with Crippen LogP contribution in [0.2, 0.25) is 5.02 Å². The minimum absolute atomic E-state index is 0.0508. The smallest absolute Gasteiger partial charge is 0.201 e. The van der Waals surface area contributed by atoms with Gasteiger partial charge in [0, 0.05) is 14.5 Å². The molecule has 2 nitrogen and oxygen atoms in total. The quantitative estimate of drug-likeness (QED) is 0.619. The van der Waals surface area contributed by atoms with Crippen molar-refractivity contribution in [2.75, 3.05) is 6.61 Å². The van der Waals surface area contributed by atoms with E-state index in [4.69, 9.17) is 16.3 Å². The summed E-state index contributed by atoms with van der Waals surface area (Å²) in [5, 5.41) is 0.483. The Kier molecular flexibility index (Phi) is 5.24. The molecule has 2 aromatic rings. The zero-order valence-electron chi connectivity index (χ0n) is 10.6. The first-order valence-corrected chi connectivity index (χ1v) is 7.81. The summed E-state index contributed by atoms with van der Waals surface area (Å²) in [5.41, 5.74) is 1.47. The van der Waals surface area contributed by atoms with Gasteiger partial charge in [0.1, 0.15) is 5.75 Å². The zero-order chi connectivity index (χ0) is 14.7. The fourth-order valence-corrected chi connectivity index (χ4v) is 3.31. The molecule has 20 heavy (non-hydrogen) atoms. The van der Waals surface area contributed by atoms with E-state index in [0.29, 0.717) is 16.3 Å². The van der Waals surface area contributed by atoms with Gasteiger partial charge < -0.3 is 4.74 Å². The Morgan fingerprint density at radius 1 is 1.25 bits per heavy atom. The highest BCUT2D eigenvalue weighted by Gasteiger charge is 2.13. The first-order chi connectivity index (χ1) is 9.49. The van der Waals surface area contributed by atoms with Crippen LogP contribution in [0.1, 0.15) is 15.9 Å². The molecule has 2 rings (SSSR count). The molecular weight excluding hydrogens is 407 g/mol. The maximum absolute atomic E-state index is 12.1. The van der Waals surface area contributed by atoms with Crippen LogP contribution in [0.4, 0.5) is 0 Å². The molecule has 0 unspecified atom stereocenters. The Morgan fingerprint density at radius 2 is 1.95 bits per heavy atom. The standard InChI is InChI=1S/C15H11Br2ClO2/c1-9-6-10(16)7-13(18)15(9)20-8-14(19)11-4-2-3-5-12(11)17/h2-7H,8H2,1H3. The third-order valence-electron chi connectivity index (χ3n) is 2.72. The summed E-state index contributed by atoms with van der Waals surface area (Å²) in [7, 11) is 0. The van der Waals surface area contributed by atoms with Crippen molar-refractivity contribution >= 4 is 49.2 Å². The van der Waals surface area contributed by atoms with Crippen molar-refractivity contribution in [1.29, 1.82) is 0 Å². The van der Waals surface area contributed by atoms with Gasteiger partial charge in [-0.15, -0.1) is 0 Å². The Hall–Kier alpha value is -0.840. The highest BCUT2D eigenvalue weighted by Crippen LogP contribution is 2.32. The maximum atomic E-state index is 12.1. The topological polar surface area (TPSA) is 26.3 Å². The van der Waals surface area contributed by atoms with Crippen molar-refractivity contribution in [3.05, 3.63) is 61.5 Å². The number of hydrogen-bond acceptors (Lipinski definition) is 2. The van der Waals surface area contributed by atoms with Gasteiger partial charge in [-0.1, -0.05) is 61.7 Å². The van der Waals surface area contributed by atoms with Crippen LogP contribution in [0.15, 0.2) is 45.3 Å². The van der Waals surface area contributed by atoms with Gasteiger partial charge >= 0.3 is 0 Å². The monoisotopic (exact) mass is 416 g/mol. The van der Waals surface area contributed by atoms with E-state index in [-0.39, 0.29) is 12.4 Å². The van der Waals surface area contributed by atoms with Crippen molar-refractivity contribution < 1.29 is 9.53 Å². The second-order valence-corrected chi connectivity index (χ2v) is 6.40. The molecule has 0 aliphatic heterocycles. The average molecular weight is 419 g/mol. The molecule has 0 aliphatic rings. The average Bonchev–Trinajstić information content (AvgIpc) is 2.37. The summed E-state index contributed by atoms with van der Waals surface area (Å²) in [6.07, 6.45) is 0. The molecule has 0 amide bonds. The molecule has 0 spiro atoms. The first kappa shape index (κ1) is 15.5. The van der Waals surface area contributed by atoms with Crippen LogP contribution < -0.4 is 4.74 Å². The maximum Gasteiger partial charge on any atom is 0.201 e. The van der Waals surface area contributed by atoms with E-state index in [1.807, 2.05) is 31.2 Å². The van der Waals surface area contributed by atoms with Crippen LogP contribution in [0.25, 0.3) is 0 Å². The van der Waals surface area contributed by atoms with E-state index in [2.05, 4.69) is 31.9 Å². The van der Waals surface area contributed by atoms with Crippen LogP contribution in [0, 0.1) is 6.92 Å². The molecule has 0 radical (unpaired) electrons. The van der Waals surface area contributed by atoms with Gasteiger partial charge in [0.15, 0.2) is 6.61 Å². The third kappa shape index (κ3) is 3.62. The summed E-state index contributed by atoms with van der Waals surface area (Å²) >= 11 is 12.8. The largest absolute Gasteiger partial charge is 0.484 e. The van der Waals surface area contributed by atoms with Gasteiger partial charge in [-0.3, -0.25) is 4.79 Å². The van der Waals surface area contributed by atoms with E-state index < -0.39 is 0 Å². The predicted octanol–water partition coefficient (Wildman–Crippen LogP) is 5.44. The third-order valence-corrected chi connectivity index (χ3v) is 4.15. The van der Waals surface area contributed by atoms with Gasteiger partial charge in [-0.2, -0.15) is 0 Å². The van der Waals surface area contributed by atoms with Crippen LogP contribution in [-0.4, -0.2) is 12.4 Å². The summed E-state index contributed by atoms with van der Waals surface area (Å²) in [5.74, 6) is 0.436. The lowest BCUT2D eigenvalue weighted by Crippen LogP contribution is -2.12. The van der Waals surface area contributed by atoms with Gasteiger partial charge in [0.25, 0.3) is 0 Å². The molecule has 0 atom stereocenters. The molecule has 104 valence electrons. The Balaban J connectivity index is 2.14. The molecule has 2 aromatic carbocycles. The van der Waals surface area contributed by atoms with E-state index >= 15 is 0 Å². The second kappa shape index (κ2) is 6.74. The minimum Gasteiger partial charge on any atom is -0.484 e. The number of hydrogen-bond donors (Lipinski definition) is 0. The number of aryl methyl sites for hydroxylation is 1.